The molecule has 0 saturated carbocycles. The maximum absolute atomic E-state index is 10.3. The van der Waals surface area contributed by atoms with E-state index >= 15 is 0 Å². The second-order valence-electron chi connectivity index (χ2n) is 3.51. The average Bonchev–Trinajstić information content (AvgIpc) is 2.24. The summed E-state index contributed by atoms with van der Waals surface area (Å²) in [6.07, 6.45) is 12.3. The lowest BCUT2D eigenvalue weighted by Gasteiger charge is -2.29. The number of allylic oxidation sites excluding steroid dienone is 2. The lowest BCUT2D eigenvalue weighted by atomic mass is 9.90. The van der Waals surface area contributed by atoms with E-state index in [4.69, 9.17) is 11.6 Å². The zero-order chi connectivity index (χ0) is 10.7. The number of halogens is 1. The Labute approximate surface area is 93.1 Å². The lowest BCUT2D eigenvalue weighted by molar-refractivity contribution is 0.0957. The SMILES string of the molecule is OC1(Cc2cnccn2)C=CC=CC1Cl. The highest BCUT2D eigenvalue weighted by Gasteiger charge is 2.33. The fraction of sp³-hybridized carbons (Fsp3) is 0.273. The highest BCUT2D eigenvalue weighted by Crippen LogP contribution is 2.26. The Kier molecular flexibility index (Phi) is 2.84. The van der Waals surface area contributed by atoms with Gasteiger partial charge in [-0.3, -0.25) is 9.97 Å². The zero-order valence-electron chi connectivity index (χ0n) is 8.05. The van der Waals surface area contributed by atoms with E-state index in [9.17, 15) is 5.11 Å². The number of hydrogen-bond acceptors (Lipinski definition) is 3. The van der Waals surface area contributed by atoms with Gasteiger partial charge >= 0.3 is 0 Å². The van der Waals surface area contributed by atoms with Crippen LogP contribution in [-0.2, 0) is 6.42 Å². The van der Waals surface area contributed by atoms with Crippen LogP contribution in [0.1, 0.15) is 5.69 Å². The van der Waals surface area contributed by atoms with Gasteiger partial charge < -0.3 is 5.11 Å². The fourth-order valence-electron chi connectivity index (χ4n) is 1.51. The minimum absolute atomic E-state index is 0.371. The van der Waals surface area contributed by atoms with Gasteiger partial charge in [0.15, 0.2) is 0 Å². The van der Waals surface area contributed by atoms with E-state index in [-0.39, 0.29) is 0 Å². The van der Waals surface area contributed by atoms with Gasteiger partial charge in [-0.2, -0.15) is 0 Å². The molecule has 1 heterocycles. The Morgan fingerprint density at radius 3 is 2.93 bits per heavy atom. The molecule has 0 saturated heterocycles. The second-order valence-corrected chi connectivity index (χ2v) is 3.98. The van der Waals surface area contributed by atoms with Crippen molar-refractivity contribution in [1.82, 2.24) is 9.97 Å². The van der Waals surface area contributed by atoms with Crippen molar-refractivity contribution in [2.24, 2.45) is 0 Å². The molecule has 0 aliphatic heterocycles. The minimum atomic E-state index is -1.06. The van der Waals surface area contributed by atoms with E-state index in [0.717, 1.165) is 5.69 Å². The topological polar surface area (TPSA) is 46.0 Å². The van der Waals surface area contributed by atoms with E-state index in [1.807, 2.05) is 6.08 Å². The summed E-state index contributed by atoms with van der Waals surface area (Å²) in [6, 6.07) is 0. The largest absolute Gasteiger partial charge is 0.383 e. The van der Waals surface area contributed by atoms with Crippen molar-refractivity contribution in [3.8, 4) is 0 Å². The number of hydrogen-bond donors (Lipinski definition) is 1. The van der Waals surface area contributed by atoms with Crippen LogP contribution in [0.5, 0.6) is 0 Å². The third-order valence-electron chi connectivity index (χ3n) is 2.33. The molecule has 0 radical (unpaired) electrons. The average molecular weight is 223 g/mol. The minimum Gasteiger partial charge on any atom is -0.383 e. The Morgan fingerprint density at radius 1 is 1.40 bits per heavy atom. The number of alkyl halides is 1. The van der Waals surface area contributed by atoms with Crippen LogP contribution in [0.4, 0.5) is 0 Å². The van der Waals surface area contributed by atoms with Crippen LogP contribution in [0.3, 0.4) is 0 Å². The molecule has 2 unspecified atom stereocenters. The summed E-state index contributed by atoms with van der Waals surface area (Å²) in [5, 5.41) is 9.83. The summed E-state index contributed by atoms with van der Waals surface area (Å²) in [5.74, 6) is 0. The van der Waals surface area contributed by atoms with Crippen molar-refractivity contribution in [1.29, 1.82) is 0 Å². The normalized spacial score (nSPS) is 29.3. The van der Waals surface area contributed by atoms with Crippen LogP contribution >= 0.6 is 11.6 Å². The molecule has 15 heavy (non-hydrogen) atoms. The fourth-order valence-corrected chi connectivity index (χ4v) is 1.74. The van der Waals surface area contributed by atoms with Crippen molar-refractivity contribution >= 4 is 11.6 Å². The Bertz CT molecular complexity index is 391. The van der Waals surface area contributed by atoms with E-state index in [0.29, 0.717) is 6.42 Å². The first-order chi connectivity index (χ1) is 7.21. The molecular formula is C11H11ClN2O. The summed E-state index contributed by atoms with van der Waals surface area (Å²) in [7, 11) is 0. The molecule has 2 rings (SSSR count). The van der Waals surface area contributed by atoms with Crippen LogP contribution in [0, 0.1) is 0 Å². The first-order valence-corrected chi connectivity index (χ1v) is 5.12. The van der Waals surface area contributed by atoms with Gasteiger partial charge in [0.05, 0.1) is 11.1 Å². The van der Waals surface area contributed by atoms with Gasteiger partial charge in [0, 0.05) is 25.0 Å². The molecular weight excluding hydrogens is 212 g/mol. The molecule has 0 amide bonds. The molecule has 1 N–H and O–H groups in total. The molecule has 1 aromatic heterocycles. The van der Waals surface area contributed by atoms with Gasteiger partial charge in [-0.15, -0.1) is 11.6 Å². The Hall–Kier alpha value is -1.19. The van der Waals surface area contributed by atoms with E-state index in [1.165, 1.54) is 0 Å². The van der Waals surface area contributed by atoms with Gasteiger partial charge in [-0.05, 0) is 0 Å². The van der Waals surface area contributed by atoms with Crippen LogP contribution in [0.25, 0.3) is 0 Å². The Balaban J connectivity index is 2.18. The van der Waals surface area contributed by atoms with Gasteiger partial charge in [0.2, 0.25) is 0 Å². The first kappa shape index (κ1) is 10.3. The molecule has 2 atom stereocenters. The summed E-state index contributed by atoms with van der Waals surface area (Å²) in [6.45, 7) is 0. The van der Waals surface area contributed by atoms with Crippen LogP contribution in [-0.4, -0.2) is 26.1 Å². The summed E-state index contributed by atoms with van der Waals surface area (Å²) < 4.78 is 0. The standard InChI is InChI=1S/C11H11ClN2O/c12-10-3-1-2-4-11(10,15)7-9-8-13-5-6-14-9/h1-6,8,10,15H,7H2. The van der Waals surface area contributed by atoms with Crippen molar-refractivity contribution in [3.63, 3.8) is 0 Å². The molecule has 0 fully saturated rings. The van der Waals surface area contributed by atoms with Crippen molar-refractivity contribution in [2.75, 3.05) is 0 Å². The monoisotopic (exact) mass is 222 g/mol. The number of aliphatic hydroxyl groups is 1. The Morgan fingerprint density at radius 2 is 2.27 bits per heavy atom. The summed E-state index contributed by atoms with van der Waals surface area (Å²) in [5.41, 5.74) is -0.336. The number of nitrogens with zero attached hydrogens (tertiary/aromatic N) is 2. The smallest absolute Gasteiger partial charge is 0.108 e. The number of aromatic nitrogens is 2. The van der Waals surface area contributed by atoms with Gasteiger partial charge in [-0.25, -0.2) is 0 Å². The van der Waals surface area contributed by atoms with Gasteiger partial charge in [-0.1, -0.05) is 24.3 Å². The van der Waals surface area contributed by atoms with E-state index in [1.54, 1.807) is 36.8 Å². The molecule has 78 valence electrons. The molecule has 1 aliphatic carbocycles. The molecule has 4 heteroatoms. The zero-order valence-corrected chi connectivity index (χ0v) is 8.80. The number of rotatable bonds is 2. The molecule has 0 bridgehead atoms. The molecule has 0 aromatic carbocycles. The second kappa shape index (κ2) is 4.13. The highest BCUT2D eigenvalue weighted by molar-refractivity contribution is 6.22. The maximum atomic E-state index is 10.3. The highest BCUT2D eigenvalue weighted by atomic mass is 35.5. The molecule has 3 nitrogen and oxygen atoms in total. The third-order valence-corrected chi connectivity index (χ3v) is 2.86. The van der Waals surface area contributed by atoms with Crippen LogP contribution in [0.2, 0.25) is 0 Å². The van der Waals surface area contributed by atoms with E-state index < -0.39 is 11.0 Å². The third kappa shape index (κ3) is 2.25. The van der Waals surface area contributed by atoms with Gasteiger partial charge in [0.25, 0.3) is 0 Å². The first-order valence-electron chi connectivity index (χ1n) is 4.68. The van der Waals surface area contributed by atoms with Crippen LogP contribution < -0.4 is 0 Å². The summed E-state index contributed by atoms with van der Waals surface area (Å²) >= 11 is 6.04. The van der Waals surface area contributed by atoms with Crippen molar-refractivity contribution in [3.05, 3.63) is 48.6 Å². The maximum Gasteiger partial charge on any atom is 0.108 e. The van der Waals surface area contributed by atoms with Crippen LogP contribution in [0.15, 0.2) is 42.9 Å². The summed E-state index contributed by atoms with van der Waals surface area (Å²) in [4.78, 5) is 8.06. The molecule has 0 spiro atoms. The molecule has 1 aromatic rings. The van der Waals surface area contributed by atoms with Gasteiger partial charge in [0.1, 0.15) is 5.60 Å². The van der Waals surface area contributed by atoms with Crippen molar-refractivity contribution < 1.29 is 5.11 Å². The predicted octanol–water partition coefficient (Wildman–Crippen LogP) is 1.48. The van der Waals surface area contributed by atoms with E-state index in [2.05, 4.69) is 9.97 Å². The van der Waals surface area contributed by atoms with Crippen molar-refractivity contribution in [2.45, 2.75) is 17.4 Å². The predicted molar refractivity (Wildman–Crippen MR) is 58.6 cm³/mol. The lowest BCUT2D eigenvalue weighted by Crippen LogP contribution is -2.39. The quantitative estimate of drug-likeness (QED) is 0.772. The molecule has 1 aliphatic rings.